The maximum absolute atomic E-state index is 5.72. The van der Waals surface area contributed by atoms with Crippen LogP contribution >= 0.6 is 0 Å². The fourth-order valence-corrected chi connectivity index (χ4v) is 3.39. The second-order valence-corrected chi connectivity index (χ2v) is 6.72. The van der Waals surface area contributed by atoms with Crippen LogP contribution in [0, 0.1) is 5.92 Å². The van der Waals surface area contributed by atoms with Gasteiger partial charge in [0.05, 0.1) is 6.61 Å². The molecule has 0 saturated carbocycles. The first-order chi connectivity index (χ1) is 10.4. The van der Waals surface area contributed by atoms with E-state index in [-0.39, 0.29) is 0 Å². The van der Waals surface area contributed by atoms with Crippen molar-refractivity contribution in [2.45, 2.75) is 96.4 Å². The minimum atomic E-state index is 0.458. The van der Waals surface area contributed by atoms with Crippen LogP contribution in [0.3, 0.4) is 0 Å². The molecule has 1 heterocycles. The standard InChI is InChI=1S/C18H38N2O/c1-2-3-4-5-6-7-8-9-10-11-14-18(20-19)17-13-12-15-21-16-17/h17-18,20H,2-16,19H2,1H3. The smallest absolute Gasteiger partial charge is 0.0509 e. The third-order valence-corrected chi connectivity index (χ3v) is 4.85. The normalized spacial score (nSPS) is 20.6. The minimum absolute atomic E-state index is 0.458. The largest absolute Gasteiger partial charge is 0.381 e. The minimum Gasteiger partial charge on any atom is -0.381 e. The number of ether oxygens (including phenoxy) is 1. The van der Waals surface area contributed by atoms with Crippen molar-refractivity contribution < 1.29 is 4.74 Å². The molecule has 0 aromatic heterocycles. The number of nitrogens with one attached hydrogen (secondary N) is 1. The average Bonchev–Trinajstić information content (AvgIpc) is 2.54. The van der Waals surface area contributed by atoms with Crippen molar-refractivity contribution in [2.24, 2.45) is 11.8 Å². The number of unbranched alkanes of at least 4 members (excludes halogenated alkanes) is 9. The van der Waals surface area contributed by atoms with Crippen molar-refractivity contribution in [3.8, 4) is 0 Å². The van der Waals surface area contributed by atoms with Gasteiger partial charge in [0.1, 0.15) is 0 Å². The third-order valence-electron chi connectivity index (χ3n) is 4.85. The first kappa shape index (κ1) is 18.9. The van der Waals surface area contributed by atoms with Crippen LogP contribution in [-0.2, 0) is 4.74 Å². The van der Waals surface area contributed by atoms with Crippen molar-refractivity contribution in [1.29, 1.82) is 0 Å². The molecule has 2 unspecified atom stereocenters. The molecule has 0 amide bonds. The second-order valence-electron chi connectivity index (χ2n) is 6.72. The van der Waals surface area contributed by atoms with E-state index in [0.717, 1.165) is 13.2 Å². The lowest BCUT2D eigenvalue weighted by molar-refractivity contribution is 0.0375. The molecule has 1 saturated heterocycles. The van der Waals surface area contributed by atoms with E-state index in [1.165, 1.54) is 83.5 Å². The Morgan fingerprint density at radius 3 is 2.14 bits per heavy atom. The molecule has 2 atom stereocenters. The summed E-state index contributed by atoms with van der Waals surface area (Å²) >= 11 is 0. The molecule has 0 aromatic carbocycles. The fourth-order valence-electron chi connectivity index (χ4n) is 3.39. The summed E-state index contributed by atoms with van der Waals surface area (Å²) < 4.78 is 5.57. The molecule has 0 radical (unpaired) electrons. The topological polar surface area (TPSA) is 47.3 Å². The first-order valence-corrected chi connectivity index (χ1v) is 9.42. The van der Waals surface area contributed by atoms with E-state index in [1.807, 2.05) is 0 Å². The summed E-state index contributed by atoms with van der Waals surface area (Å²) in [7, 11) is 0. The van der Waals surface area contributed by atoms with Crippen molar-refractivity contribution in [1.82, 2.24) is 5.43 Å². The highest BCUT2D eigenvalue weighted by Crippen LogP contribution is 2.21. The quantitative estimate of drug-likeness (QED) is 0.298. The molecular weight excluding hydrogens is 260 g/mol. The Bertz CT molecular complexity index is 217. The lowest BCUT2D eigenvalue weighted by atomic mass is 9.90. The van der Waals surface area contributed by atoms with Crippen LogP contribution in [0.5, 0.6) is 0 Å². The van der Waals surface area contributed by atoms with Crippen LogP contribution in [0.25, 0.3) is 0 Å². The molecule has 0 bridgehead atoms. The van der Waals surface area contributed by atoms with Gasteiger partial charge in [0.15, 0.2) is 0 Å². The van der Waals surface area contributed by atoms with Crippen LogP contribution in [0.2, 0.25) is 0 Å². The summed E-state index contributed by atoms with van der Waals surface area (Å²) in [6.07, 6.45) is 17.7. The van der Waals surface area contributed by atoms with Crippen LogP contribution in [0.1, 0.15) is 90.4 Å². The molecule has 21 heavy (non-hydrogen) atoms. The van der Waals surface area contributed by atoms with Crippen LogP contribution in [0.4, 0.5) is 0 Å². The summed E-state index contributed by atoms with van der Waals surface area (Å²) in [6, 6.07) is 0.458. The molecule has 0 aromatic rings. The Kier molecular flexibility index (Phi) is 12.2. The zero-order chi connectivity index (χ0) is 15.2. The zero-order valence-electron chi connectivity index (χ0n) is 14.2. The highest BCUT2D eigenvalue weighted by molar-refractivity contribution is 4.76. The summed E-state index contributed by atoms with van der Waals surface area (Å²) in [5, 5.41) is 0. The maximum Gasteiger partial charge on any atom is 0.0509 e. The first-order valence-electron chi connectivity index (χ1n) is 9.42. The van der Waals surface area contributed by atoms with Gasteiger partial charge in [0.25, 0.3) is 0 Å². The predicted octanol–water partition coefficient (Wildman–Crippen LogP) is 4.56. The number of nitrogens with two attached hydrogens (primary N) is 1. The Labute approximate surface area is 132 Å². The molecule has 1 rings (SSSR count). The summed E-state index contributed by atoms with van der Waals surface area (Å²) in [4.78, 5) is 0. The average molecular weight is 299 g/mol. The van der Waals surface area contributed by atoms with Gasteiger partial charge in [0, 0.05) is 12.6 Å². The SMILES string of the molecule is CCCCCCCCCCCCC(NN)C1CCCOC1. The molecule has 126 valence electrons. The molecule has 3 nitrogen and oxygen atoms in total. The van der Waals surface area contributed by atoms with Crippen LogP contribution in [-0.4, -0.2) is 19.3 Å². The highest BCUT2D eigenvalue weighted by atomic mass is 16.5. The molecular formula is C18H38N2O. The lowest BCUT2D eigenvalue weighted by Crippen LogP contribution is -2.43. The Morgan fingerprint density at radius 2 is 1.62 bits per heavy atom. The summed E-state index contributed by atoms with van der Waals surface area (Å²) in [5.74, 6) is 6.35. The van der Waals surface area contributed by atoms with Gasteiger partial charge in [-0.2, -0.15) is 0 Å². The molecule has 1 aliphatic rings. The molecule has 1 fully saturated rings. The van der Waals surface area contributed by atoms with Crippen molar-refractivity contribution in [2.75, 3.05) is 13.2 Å². The molecule has 0 spiro atoms. The monoisotopic (exact) mass is 298 g/mol. The van der Waals surface area contributed by atoms with Crippen molar-refractivity contribution in [3.05, 3.63) is 0 Å². The third kappa shape index (κ3) is 9.49. The van der Waals surface area contributed by atoms with E-state index >= 15 is 0 Å². The Morgan fingerprint density at radius 1 is 1.00 bits per heavy atom. The second kappa shape index (κ2) is 13.5. The van der Waals surface area contributed by atoms with Gasteiger partial charge in [-0.1, -0.05) is 71.1 Å². The van der Waals surface area contributed by atoms with Gasteiger partial charge < -0.3 is 4.74 Å². The zero-order valence-corrected chi connectivity index (χ0v) is 14.2. The molecule has 3 heteroatoms. The van der Waals surface area contributed by atoms with Crippen LogP contribution < -0.4 is 11.3 Å². The van der Waals surface area contributed by atoms with Gasteiger partial charge >= 0.3 is 0 Å². The van der Waals surface area contributed by atoms with Gasteiger partial charge in [-0.05, 0) is 25.2 Å². The predicted molar refractivity (Wildman–Crippen MR) is 91.1 cm³/mol. The number of hydrogen-bond acceptors (Lipinski definition) is 3. The van der Waals surface area contributed by atoms with E-state index in [4.69, 9.17) is 10.6 Å². The van der Waals surface area contributed by atoms with E-state index < -0.39 is 0 Å². The number of hydrogen-bond donors (Lipinski definition) is 2. The van der Waals surface area contributed by atoms with Gasteiger partial charge in [-0.15, -0.1) is 0 Å². The van der Waals surface area contributed by atoms with Crippen molar-refractivity contribution >= 4 is 0 Å². The van der Waals surface area contributed by atoms with E-state index in [1.54, 1.807) is 0 Å². The Balaban J connectivity index is 1.90. The highest BCUT2D eigenvalue weighted by Gasteiger charge is 2.22. The molecule has 0 aliphatic carbocycles. The van der Waals surface area contributed by atoms with E-state index in [0.29, 0.717) is 12.0 Å². The summed E-state index contributed by atoms with van der Waals surface area (Å²) in [5.41, 5.74) is 3.02. The van der Waals surface area contributed by atoms with E-state index in [9.17, 15) is 0 Å². The molecule has 1 aliphatic heterocycles. The fraction of sp³-hybridized carbons (Fsp3) is 1.00. The number of rotatable bonds is 13. The lowest BCUT2D eigenvalue weighted by Gasteiger charge is -2.29. The van der Waals surface area contributed by atoms with Gasteiger partial charge in [0.2, 0.25) is 0 Å². The number of hydrazine groups is 1. The van der Waals surface area contributed by atoms with Gasteiger partial charge in [-0.3, -0.25) is 11.3 Å². The maximum atomic E-state index is 5.72. The van der Waals surface area contributed by atoms with E-state index in [2.05, 4.69) is 12.3 Å². The summed E-state index contributed by atoms with van der Waals surface area (Å²) in [6.45, 7) is 4.11. The van der Waals surface area contributed by atoms with Crippen LogP contribution in [0.15, 0.2) is 0 Å². The molecule has 3 N–H and O–H groups in total. The van der Waals surface area contributed by atoms with Crippen molar-refractivity contribution in [3.63, 3.8) is 0 Å². The van der Waals surface area contributed by atoms with Gasteiger partial charge in [-0.25, -0.2) is 0 Å². The Hall–Kier alpha value is -0.120.